The maximum absolute atomic E-state index is 5.95. The monoisotopic (exact) mass is 417 g/mol. The van der Waals surface area contributed by atoms with Crippen LogP contribution in [-0.4, -0.2) is 4.98 Å². The molecule has 2 aromatic heterocycles. The van der Waals surface area contributed by atoms with Crippen molar-refractivity contribution < 1.29 is 8.83 Å². The first-order chi connectivity index (χ1) is 10.7. The third-order valence-electron chi connectivity index (χ3n) is 3.28. The van der Waals surface area contributed by atoms with Crippen LogP contribution < -0.4 is 0 Å². The Morgan fingerprint density at radius 2 is 1.73 bits per heavy atom. The number of rotatable bonds is 2. The van der Waals surface area contributed by atoms with Gasteiger partial charge in [-0.1, -0.05) is 40.2 Å². The van der Waals surface area contributed by atoms with E-state index in [1.165, 1.54) is 0 Å². The highest BCUT2D eigenvalue weighted by Crippen LogP contribution is 2.37. The van der Waals surface area contributed by atoms with Crippen LogP contribution in [0.1, 0.15) is 0 Å². The van der Waals surface area contributed by atoms with Gasteiger partial charge in [0.25, 0.3) is 5.89 Å². The van der Waals surface area contributed by atoms with Crippen LogP contribution in [0.3, 0.4) is 0 Å². The van der Waals surface area contributed by atoms with E-state index in [2.05, 4.69) is 36.8 Å². The van der Waals surface area contributed by atoms with Crippen LogP contribution in [0.2, 0.25) is 0 Å². The lowest BCUT2D eigenvalue weighted by Crippen LogP contribution is -1.74. The van der Waals surface area contributed by atoms with Crippen LogP contribution >= 0.6 is 31.9 Å². The molecule has 4 rings (SSSR count). The Morgan fingerprint density at radius 3 is 2.55 bits per heavy atom. The maximum Gasteiger partial charge on any atom is 0.265 e. The summed E-state index contributed by atoms with van der Waals surface area (Å²) in [5, 5.41) is 0. The second-order valence-electron chi connectivity index (χ2n) is 4.78. The number of fused-ring (bicyclic) bond motifs is 1. The van der Waals surface area contributed by atoms with E-state index in [0.717, 1.165) is 31.4 Å². The highest BCUT2D eigenvalue weighted by molar-refractivity contribution is 9.10. The quantitative estimate of drug-likeness (QED) is 0.384. The second kappa shape index (κ2) is 5.41. The zero-order valence-electron chi connectivity index (χ0n) is 11.2. The van der Waals surface area contributed by atoms with Crippen LogP contribution in [0.25, 0.3) is 34.1 Å². The first-order valence-electron chi connectivity index (χ1n) is 6.62. The number of para-hydroxylation sites is 2. The van der Waals surface area contributed by atoms with Crippen molar-refractivity contribution in [3.8, 4) is 23.0 Å². The molecule has 0 atom stereocenters. The van der Waals surface area contributed by atoms with E-state index in [1.807, 2.05) is 54.6 Å². The van der Waals surface area contributed by atoms with Gasteiger partial charge in [-0.2, -0.15) is 0 Å². The van der Waals surface area contributed by atoms with E-state index >= 15 is 0 Å². The molecule has 0 N–H and O–H groups in total. The summed E-state index contributed by atoms with van der Waals surface area (Å²) in [5.74, 6) is 1.81. The van der Waals surface area contributed by atoms with Gasteiger partial charge in [-0.05, 0) is 46.3 Å². The fourth-order valence-electron chi connectivity index (χ4n) is 2.27. The molecule has 2 aromatic carbocycles. The Labute approximate surface area is 143 Å². The van der Waals surface area contributed by atoms with Gasteiger partial charge in [0.2, 0.25) is 5.76 Å². The van der Waals surface area contributed by atoms with Gasteiger partial charge in [-0.25, -0.2) is 4.98 Å². The summed E-state index contributed by atoms with van der Waals surface area (Å²) in [7, 11) is 0. The molecular formula is C17H9Br2NO2. The van der Waals surface area contributed by atoms with Crippen LogP contribution in [0.15, 0.2) is 72.4 Å². The zero-order chi connectivity index (χ0) is 15.1. The summed E-state index contributed by atoms with van der Waals surface area (Å²) in [6.45, 7) is 0. The van der Waals surface area contributed by atoms with Gasteiger partial charge >= 0.3 is 0 Å². The number of hydrogen-bond donors (Lipinski definition) is 0. The first-order valence-corrected chi connectivity index (χ1v) is 8.20. The second-order valence-corrected chi connectivity index (χ2v) is 6.55. The summed E-state index contributed by atoms with van der Waals surface area (Å²) >= 11 is 6.99. The lowest BCUT2D eigenvalue weighted by molar-refractivity contribution is 0.542. The van der Waals surface area contributed by atoms with Crippen molar-refractivity contribution in [2.24, 2.45) is 0 Å². The van der Waals surface area contributed by atoms with Crippen molar-refractivity contribution in [2.45, 2.75) is 0 Å². The molecule has 0 saturated heterocycles. The Kier molecular flexibility index (Phi) is 3.39. The summed E-state index contributed by atoms with van der Waals surface area (Å²) in [4.78, 5) is 4.47. The van der Waals surface area contributed by atoms with Crippen molar-refractivity contribution in [3.05, 3.63) is 63.5 Å². The predicted molar refractivity (Wildman–Crippen MR) is 92.5 cm³/mol. The fraction of sp³-hybridized carbons (Fsp3) is 0. The van der Waals surface area contributed by atoms with Gasteiger partial charge in [-0.3, -0.25) is 0 Å². The van der Waals surface area contributed by atoms with Gasteiger partial charge < -0.3 is 8.83 Å². The van der Waals surface area contributed by atoms with Crippen molar-refractivity contribution >= 4 is 43.0 Å². The van der Waals surface area contributed by atoms with E-state index in [0.29, 0.717) is 11.7 Å². The summed E-state index contributed by atoms with van der Waals surface area (Å²) in [6, 6.07) is 17.5. The predicted octanol–water partition coefficient (Wildman–Crippen LogP) is 6.28. The summed E-state index contributed by atoms with van der Waals surface area (Å²) in [5.41, 5.74) is 2.53. The first kappa shape index (κ1) is 13.8. The minimum atomic E-state index is 0.467. The maximum atomic E-state index is 5.95. The van der Waals surface area contributed by atoms with Gasteiger partial charge in [0.05, 0.1) is 4.47 Å². The lowest BCUT2D eigenvalue weighted by atomic mass is 10.2. The van der Waals surface area contributed by atoms with Crippen molar-refractivity contribution in [1.29, 1.82) is 0 Å². The largest absolute Gasteiger partial charge is 0.450 e. The molecule has 0 spiro atoms. The Balaban J connectivity index is 1.83. The van der Waals surface area contributed by atoms with Gasteiger partial charge in [0, 0.05) is 10.0 Å². The smallest absolute Gasteiger partial charge is 0.265 e. The lowest BCUT2D eigenvalue weighted by Gasteiger charge is -1.97. The molecule has 2 heterocycles. The molecule has 0 aliphatic carbocycles. The normalized spacial score (nSPS) is 11.2. The molecule has 0 aliphatic heterocycles. The van der Waals surface area contributed by atoms with E-state index in [-0.39, 0.29) is 0 Å². The van der Waals surface area contributed by atoms with Gasteiger partial charge in [0.1, 0.15) is 11.3 Å². The number of nitrogens with zero attached hydrogens (tertiary/aromatic N) is 1. The average Bonchev–Trinajstić information content (AvgIpc) is 3.10. The van der Waals surface area contributed by atoms with Crippen molar-refractivity contribution in [1.82, 2.24) is 4.98 Å². The number of halogens is 2. The molecule has 108 valence electrons. The Morgan fingerprint density at radius 1 is 0.864 bits per heavy atom. The minimum absolute atomic E-state index is 0.467. The molecule has 0 radical (unpaired) electrons. The van der Waals surface area contributed by atoms with E-state index < -0.39 is 0 Å². The standard InChI is InChI=1S/C17H9Br2NO2/c18-11-5-3-4-10(8-11)15-9-12(19)16(21-15)17-20-13-6-1-2-7-14(13)22-17/h1-9H. The molecule has 22 heavy (non-hydrogen) atoms. The summed E-state index contributed by atoms with van der Waals surface area (Å²) < 4.78 is 13.5. The molecule has 0 bridgehead atoms. The molecule has 0 unspecified atom stereocenters. The van der Waals surface area contributed by atoms with Gasteiger partial charge in [0.15, 0.2) is 5.58 Å². The summed E-state index contributed by atoms with van der Waals surface area (Å²) in [6.07, 6.45) is 0. The highest BCUT2D eigenvalue weighted by Gasteiger charge is 2.18. The van der Waals surface area contributed by atoms with Crippen molar-refractivity contribution in [2.75, 3.05) is 0 Å². The fourth-order valence-corrected chi connectivity index (χ4v) is 3.13. The third kappa shape index (κ3) is 2.40. The number of benzene rings is 2. The molecule has 0 saturated carbocycles. The van der Waals surface area contributed by atoms with Crippen LogP contribution in [0.5, 0.6) is 0 Å². The number of aromatic nitrogens is 1. The molecule has 3 nitrogen and oxygen atoms in total. The Hall–Kier alpha value is -1.85. The van der Waals surface area contributed by atoms with Crippen LogP contribution in [0.4, 0.5) is 0 Å². The third-order valence-corrected chi connectivity index (χ3v) is 4.37. The van der Waals surface area contributed by atoms with E-state index in [1.54, 1.807) is 0 Å². The van der Waals surface area contributed by atoms with Crippen LogP contribution in [-0.2, 0) is 0 Å². The molecule has 0 aliphatic rings. The van der Waals surface area contributed by atoms with Crippen molar-refractivity contribution in [3.63, 3.8) is 0 Å². The van der Waals surface area contributed by atoms with E-state index in [9.17, 15) is 0 Å². The molecule has 0 amide bonds. The van der Waals surface area contributed by atoms with Gasteiger partial charge in [-0.15, -0.1) is 0 Å². The molecule has 5 heteroatoms. The topological polar surface area (TPSA) is 39.2 Å². The molecular weight excluding hydrogens is 410 g/mol. The Bertz CT molecular complexity index is 939. The minimum Gasteiger partial charge on any atom is -0.450 e. The highest BCUT2D eigenvalue weighted by atomic mass is 79.9. The van der Waals surface area contributed by atoms with Crippen LogP contribution in [0, 0.1) is 0 Å². The zero-order valence-corrected chi connectivity index (χ0v) is 14.4. The number of hydrogen-bond acceptors (Lipinski definition) is 3. The SMILES string of the molecule is Brc1cccc(-c2cc(Br)c(-c3nc4ccccc4o3)o2)c1. The number of furan rings is 1. The number of oxazole rings is 1. The average molecular weight is 419 g/mol. The van der Waals surface area contributed by atoms with E-state index in [4.69, 9.17) is 8.83 Å². The molecule has 0 fully saturated rings. The molecule has 4 aromatic rings.